The van der Waals surface area contributed by atoms with Gasteiger partial charge in [0.15, 0.2) is 4.84 Å². The molecule has 0 aliphatic carbocycles. The van der Waals surface area contributed by atoms with E-state index in [1.54, 1.807) is 16.2 Å². The van der Waals surface area contributed by atoms with Crippen LogP contribution in [0.25, 0.3) is 0 Å². The molecular weight excluding hydrogens is 403 g/mol. The average molecular weight is 427 g/mol. The van der Waals surface area contributed by atoms with Gasteiger partial charge in [-0.1, -0.05) is 60.5 Å². The SMILES string of the molecule is CCCN(CC(=O)N(Cc1ccccc1)Cc1sccc1C)C(=O)C(Cl)Cl. The highest BCUT2D eigenvalue weighted by molar-refractivity contribution is 7.10. The molecule has 0 unspecified atom stereocenters. The first-order valence-corrected chi connectivity index (χ1v) is 10.6. The second-order valence-corrected chi connectivity index (χ2v) is 8.42. The molecule has 1 aromatic heterocycles. The molecule has 0 saturated heterocycles. The van der Waals surface area contributed by atoms with Crippen LogP contribution < -0.4 is 0 Å². The van der Waals surface area contributed by atoms with Crippen LogP contribution in [-0.2, 0) is 22.7 Å². The maximum atomic E-state index is 13.0. The number of halogens is 2. The highest BCUT2D eigenvalue weighted by Crippen LogP contribution is 2.20. The van der Waals surface area contributed by atoms with Gasteiger partial charge in [0.2, 0.25) is 5.91 Å². The molecule has 2 amide bonds. The van der Waals surface area contributed by atoms with E-state index in [0.717, 1.165) is 22.4 Å². The number of nitrogens with zero attached hydrogens (tertiary/aromatic N) is 2. The Balaban J connectivity index is 2.18. The van der Waals surface area contributed by atoms with Gasteiger partial charge >= 0.3 is 0 Å². The number of carbonyl (C=O) groups excluding carboxylic acids is 2. The summed E-state index contributed by atoms with van der Waals surface area (Å²) in [6.07, 6.45) is 0.724. The van der Waals surface area contributed by atoms with Gasteiger partial charge in [-0.25, -0.2) is 0 Å². The molecule has 0 saturated carbocycles. The molecule has 1 aromatic carbocycles. The zero-order valence-electron chi connectivity index (χ0n) is 15.5. The van der Waals surface area contributed by atoms with Crippen LogP contribution >= 0.6 is 34.5 Å². The molecule has 2 rings (SSSR count). The lowest BCUT2D eigenvalue weighted by Crippen LogP contribution is -2.44. The summed E-state index contributed by atoms with van der Waals surface area (Å²) in [5.41, 5.74) is 2.20. The molecule has 0 atom stereocenters. The summed E-state index contributed by atoms with van der Waals surface area (Å²) in [7, 11) is 0. The van der Waals surface area contributed by atoms with E-state index in [1.807, 2.05) is 55.6 Å². The minimum Gasteiger partial charge on any atom is -0.332 e. The lowest BCUT2D eigenvalue weighted by atomic mass is 10.2. The van der Waals surface area contributed by atoms with E-state index in [0.29, 0.717) is 19.6 Å². The number of alkyl halides is 2. The van der Waals surface area contributed by atoms with Crippen LogP contribution in [0.1, 0.15) is 29.3 Å². The predicted molar refractivity (Wildman–Crippen MR) is 112 cm³/mol. The van der Waals surface area contributed by atoms with Gasteiger partial charge in [0.05, 0.1) is 13.1 Å². The number of carbonyl (C=O) groups is 2. The first kappa shape index (κ1) is 21.7. The fourth-order valence-electron chi connectivity index (χ4n) is 2.71. The summed E-state index contributed by atoms with van der Waals surface area (Å²) in [5.74, 6) is -0.553. The lowest BCUT2D eigenvalue weighted by molar-refractivity contribution is -0.140. The highest BCUT2D eigenvalue weighted by Gasteiger charge is 2.25. The average Bonchev–Trinajstić information content (AvgIpc) is 3.05. The van der Waals surface area contributed by atoms with Crippen molar-refractivity contribution in [2.24, 2.45) is 0 Å². The first-order valence-electron chi connectivity index (χ1n) is 8.84. The Morgan fingerprint density at radius 2 is 1.78 bits per heavy atom. The fourth-order valence-corrected chi connectivity index (χ4v) is 3.91. The Morgan fingerprint density at radius 1 is 1.07 bits per heavy atom. The van der Waals surface area contributed by atoms with Crippen molar-refractivity contribution in [2.75, 3.05) is 13.1 Å². The Morgan fingerprint density at radius 3 is 2.33 bits per heavy atom. The third-order valence-electron chi connectivity index (χ3n) is 4.19. The number of thiophene rings is 1. The zero-order valence-corrected chi connectivity index (χ0v) is 17.9. The molecule has 0 radical (unpaired) electrons. The molecule has 1 heterocycles. The molecule has 146 valence electrons. The molecule has 2 aromatic rings. The third-order valence-corrected chi connectivity index (χ3v) is 5.57. The quantitative estimate of drug-likeness (QED) is 0.548. The van der Waals surface area contributed by atoms with Crippen LogP contribution in [0, 0.1) is 6.92 Å². The molecule has 27 heavy (non-hydrogen) atoms. The third kappa shape index (κ3) is 6.52. The van der Waals surface area contributed by atoms with Crippen molar-refractivity contribution in [2.45, 2.75) is 38.2 Å². The van der Waals surface area contributed by atoms with E-state index < -0.39 is 10.7 Å². The summed E-state index contributed by atoms with van der Waals surface area (Å²) in [5, 5.41) is 2.02. The summed E-state index contributed by atoms with van der Waals surface area (Å²) in [6.45, 7) is 5.39. The van der Waals surface area contributed by atoms with E-state index in [4.69, 9.17) is 23.2 Å². The van der Waals surface area contributed by atoms with Crippen LogP contribution in [0.2, 0.25) is 0 Å². The molecule has 0 bridgehead atoms. The number of hydrogen-bond acceptors (Lipinski definition) is 3. The maximum Gasteiger partial charge on any atom is 0.256 e. The van der Waals surface area contributed by atoms with Crippen molar-refractivity contribution in [1.82, 2.24) is 9.80 Å². The van der Waals surface area contributed by atoms with E-state index in [-0.39, 0.29) is 12.5 Å². The van der Waals surface area contributed by atoms with Crippen molar-refractivity contribution in [3.05, 3.63) is 57.8 Å². The normalized spacial score (nSPS) is 10.9. The largest absolute Gasteiger partial charge is 0.332 e. The molecule has 0 aliphatic heterocycles. The standard InChI is InChI=1S/C20H24Cl2N2O2S/c1-3-10-23(20(26)19(21)22)14-18(25)24(12-16-7-5-4-6-8-16)13-17-15(2)9-11-27-17/h4-9,11,19H,3,10,12-14H2,1-2H3. The summed E-state index contributed by atoms with van der Waals surface area (Å²) >= 11 is 13.1. The van der Waals surface area contributed by atoms with Gasteiger partial charge in [0.1, 0.15) is 0 Å². The molecule has 0 spiro atoms. The molecule has 4 nitrogen and oxygen atoms in total. The van der Waals surface area contributed by atoms with Crippen LogP contribution in [-0.4, -0.2) is 39.5 Å². The molecule has 0 N–H and O–H groups in total. The van der Waals surface area contributed by atoms with Gasteiger partial charge in [0, 0.05) is 18.0 Å². The van der Waals surface area contributed by atoms with Crippen molar-refractivity contribution in [1.29, 1.82) is 0 Å². The van der Waals surface area contributed by atoms with E-state index in [9.17, 15) is 9.59 Å². The minimum atomic E-state index is -1.16. The molecular formula is C20H24Cl2N2O2S. The van der Waals surface area contributed by atoms with Gasteiger partial charge in [-0.15, -0.1) is 11.3 Å². The van der Waals surface area contributed by atoms with E-state index in [1.165, 1.54) is 4.90 Å². The van der Waals surface area contributed by atoms with Crippen LogP contribution in [0.5, 0.6) is 0 Å². The number of hydrogen-bond donors (Lipinski definition) is 0. The lowest BCUT2D eigenvalue weighted by Gasteiger charge is -2.28. The van der Waals surface area contributed by atoms with Gasteiger partial charge in [0.25, 0.3) is 5.91 Å². The Bertz CT molecular complexity index is 749. The summed E-state index contributed by atoms with van der Waals surface area (Å²) in [4.78, 5) is 28.5. The fraction of sp³-hybridized carbons (Fsp3) is 0.400. The smallest absolute Gasteiger partial charge is 0.256 e. The van der Waals surface area contributed by atoms with E-state index >= 15 is 0 Å². The zero-order chi connectivity index (χ0) is 19.8. The number of aryl methyl sites for hydroxylation is 1. The van der Waals surface area contributed by atoms with Gasteiger partial charge in [-0.2, -0.15) is 0 Å². The highest BCUT2D eigenvalue weighted by atomic mass is 35.5. The Labute approximate surface area is 174 Å². The number of amides is 2. The van der Waals surface area contributed by atoms with E-state index in [2.05, 4.69) is 0 Å². The molecule has 0 aliphatic rings. The Kier molecular flexibility index (Phi) is 8.61. The number of benzene rings is 1. The topological polar surface area (TPSA) is 40.6 Å². The summed E-state index contributed by atoms with van der Waals surface area (Å²) < 4.78 is 0. The van der Waals surface area contributed by atoms with Crippen molar-refractivity contribution in [3.63, 3.8) is 0 Å². The number of rotatable bonds is 9. The second kappa shape index (κ2) is 10.7. The maximum absolute atomic E-state index is 13.0. The second-order valence-electron chi connectivity index (χ2n) is 6.32. The minimum absolute atomic E-state index is 0.0279. The van der Waals surface area contributed by atoms with Crippen molar-refractivity contribution < 1.29 is 9.59 Å². The summed E-state index contributed by atoms with van der Waals surface area (Å²) in [6, 6.07) is 11.9. The van der Waals surface area contributed by atoms with Crippen molar-refractivity contribution >= 4 is 46.4 Å². The predicted octanol–water partition coefficient (Wildman–Crippen LogP) is 4.63. The molecule has 0 fully saturated rings. The van der Waals surface area contributed by atoms with Crippen LogP contribution in [0.3, 0.4) is 0 Å². The first-order chi connectivity index (χ1) is 12.9. The van der Waals surface area contributed by atoms with Crippen LogP contribution in [0.15, 0.2) is 41.8 Å². The van der Waals surface area contributed by atoms with Gasteiger partial charge in [-0.05, 0) is 35.9 Å². The Hall–Kier alpha value is -1.56. The van der Waals surface area contributed by atoms with Crippen molar-refractivity contribution in [3.8, 4) is 0 Å². The van der Waals surface area contributed by atoms with Gasteiger partial charge < -0.3 is 9.80 Å². The molecule has 7 heteroatoms. The van der Waals surface area contributed by atoms with Gasteiger partial charge in [-0.3, -0.25) is 9.59 Å². The van der Waals surface area contributed by atoms with Crippen LogP contribution in [0.4, 0.5) is 0 Å². The monoisotopic (exact) mass is 426 g/mol.